The molecule has 0 saturated carbocycles. The van der Waals surface area contributed by atoms with Crippen LogP contribution in [0.4, 0.5) is 0 Å². The lowest BCUT2D eigenvalue weighted by Gasteiger charge is -2.15. The van der Waals surface area contributed by atoms with Crippen molar-refractivity contribution in [3.63, 3.8) is 0 Å². The smallest absolute Gasteiger partial charge is 0.204 e. The van der Waals surface area contributed by atoms with Crippen LogP contribution < -0.4 is 9.47 Å². The second-order valence-corrected chi connectivity index (χ2v) is 4.39. The third kappa shape index (κ3) is 2.14. The van der Waals surface area contributed by atoms with Crippen molar-refractivity contribution in [3.05, 3.63) is 42.4 Å². The highest BCUT2D eigenvalue weighted by Gasteiger charge is 2.21. The molecule has 21 heavy (non-hydrogen) atoms. The molecule has 0 radical (unpaired) electrons. The van der Waals surface area contributed by atoms with E-state index in [4.69, 9.17) is 13.9 Å². The predicted octanol–water partition coefficient (Wildman–Crippen LogP) is 2.85. The summed E-state index contributed by atoms with van der Waals surface area (Å²) < 4.78 is 18.2. The van der Waals surface area contributed by atoms with Crippen LogP contribution in [0.1, 0.15) is 5.82 Å². The Kier molecular flexibility index (Phi) is 3.35. The highest BCUT2D eigenvalue weighted by molar-refractivity contribution is 5.63. The average molecular weight is 285 g/mol. The molecule has 2 heterocycles. The van der Waals surface area contributed by atoms with Crippen molar-refractivity contribution in [2.75, 3.05) is 14.2 Å². The molecule has 0 N–H and O–H groups in total. The topological polar surface area (TPSA) is 62.3 Å². The molecule has 0 unspecified atom stereocenters. The molecule has 6 heteroatoms. The van der Waals surface area contributed by atoms with Gasteiger partial charge in [-0.1, -0.05) is 6.07 Å². The number of hydrogen-bond acceptors (Lipinski definition) is 5. The fourth-order valence-corrected chi connectivity index (χ4v) is 2.25. The first-order valence-electron chi connectivity index (χ1n) is 6.43. The van der Waals surface area contributed by atoms with E-state index in [-0.39, 0.29) is 0 Å². The van der Waals surface area contributed by atoms with E-state index in [1.54, 1.807) is 20.5 Å². The van der Waals surface area contributed by atoms with Gasteiger partial charge in [0.05, 0.1) is 20.5 Å². The first kappa shape index (κ1) is 13.2. The number of methoxy groups -OCH3 is 2. The zero-order valence-corrected chi connectivity index (χ0v) is 12.0. The molecule has 0 spiro atoms. The van der Waals surface area contributed by atoms with Crippen LogP contribution in [0.5, 0.6) is 11.5 Å². The summed E-state index contributed by atoms with van der Waals surface area (Å²) in [5.74, 6) is 3.28. The molecule has 0 fully saturated rings. The minimum absolute atomic E-state index is 0.598. The number of furan rings is 1. The van der Waals surface area contributed by atoms with Crippen LogP contribution in [0.2, 0.25) is 0 Å². The van der Waals surface area contributed by atoms with Crippen molar-refractivity contribution in [1.82, 2.24) is 14.8 Å². The molecular formula is C15H15N3O3. The van der Waals surface area contributed by atoms with Gasteiger partial charge in [-0.25, -0.2) is 0 Å². The first-order chi connectivity index (χ1) is 10.3. The average Bonchev–Trinajstić information content (AvgIpc) is 3.15. The first-order valence-corrected chi connectivity index (χ1v) is 6.43. The number of rotatable bonds is 4. The lowest BCUT2D eigenvalue weighted by molar-refractivity contribution is 0.390. The molecular weight excluding hydrogens is 270 g/mol. The Labute approximate surface area is 121 Å². The lowest BCUT2D eigenvalue weighted by atomic mass is 10.2. The summed E-state index contributed by atoms with van der Waals surface area (Å²) in [6.07, 6.45) is 1.60. The molecule has 0 aliphatic carbocycles. The number of aromatic nitrogens is 3. The molecule has 2 aromatic heterocycles. The fourth-order valence-electron chi connectivity index (χ4n) is 2.25. The molecule has 6 nitrogen and oxygen atoms in total. The maximum atomic E-state index is 5.45. The van der Waals surface area contributed by atoms with Crippen molar-refractivity contribution < 1.29 is 13.9 Å². The predicted molar refractivity (Wildman–Crippen MR) is 76.9 cm³/mol. The van der Waals surface area contributed by atoms with E-state index in [0.29, 0.717) is 28.9 Å². The Hall–Kier alpha value is -2.76. The monoisotopic (exact) mass is 285 g/mol. The van der Waals surface area contributed by atoms with Crippen LogP contribution in [0.15, 0.2) is 41.0 Å². The molecule has 0 bridgehead atoms. The Balaban J connectivity index is 2.29. The van der Waals surface area contributed by atoms with Crippen LogP contribution in [-0.2, 0) is 0 Å². The Morgan fingerprint density at radius 2 is 1.71 bits per heavy atom. The van der Waals surface area contributed by atoms with E-state index in [2.05, 4.69) is 10.2 Å². The lowest BCUT2D eigenvalue weighted by Crippen LogP contribution is -2.04. The number of aryl methyl sites for hydroxylation is 1. The van der Waals surface area contributed by atoms with E-state index >= 15 is 0 Å². The van der Waals surface area contributed by atoms with Gasteiger partial charge in [-0.15, -0.1) is 10.2 Å². The summed E-state index contributed by atoms with van der Waals surface area (Å²) in [7, 11) is 3.23. The van der Waals surface area contributed by atoms with Gasteiger partial charge in [0.25, 0.3) is 0 Å². The van der Waals surface area contributed by atoms with E-state index in [1.807, 2.05) is 41.8 Å². The second-order valence-electron chi connectivity index (χ2n) is 4.39. The van der Waals surface area contributed by atoms with E-state index in [9.17, 15) is 0 Å². The maximum absolute atomic E-state index is 5.45. The van der Waals surface area contributed by atoms with Crippen LogP contribution >= 0.6 is 0 Å². The normalized spacial score (nSPS) is 10.6. The van der Waals surface area contributed by atoms with Gasteiger partial charge in [-0.05, 0) is 31.2 Å². The van der Waals surface area contributed by atoms with Crippen LogP contribution in [0.3, 0.4) is 0 Å². The number of hydrogen-bond donors (Lipinski definition) is 0. The molecule has 108 valence electrons. The van der Waals surface area contributed by atoms with E-state index < -0.39 is 0 Å². The SMILES string of the molecule is COc1cccc(OC)c1-n1c(C)nnc1-c1ccco1. The number of para-hydroxylation sites is 1. The molecule has 3 aromatic rings. The minimum atomic E-state index is 0.598. The van der Waals surface area contributed by atoms with Crippen molar-refractivity contribution in [3.8, 4) is 28.8 Å². The van der Waals surface area contributed by atoms with Gasteiger partial charge in [0.15, 0.2) is 5.76 Å². The molecule has 0 aliphatic heterocycles. The van der Waals surface area contributed by atoms with E-state index in [1.165, 1.54) is 0 Å². The zero-order chi connectivity index (χ0) is 14.8. The summed E-state index contributed by atoms with van der Waals surface area (Å²) in [4.78, 5) is 0. The third-order valence-corrected chi connectivity index (χ3v) is 3.19. The van der Waals surface area contributed by atoms with Gasteiger partial charge in [0.2, 0.25) is 5.82 Å². The summed E-state index contributed by atoms with van der Waals surface area (Å²) in [5.41, 5.74) is 0.747. The largest absolute Gasteiger partial charge is 0.494 e. The summed E-state index contributed by atoms with van der Waals surface area (Å²) in [6, 6.07) is 9.24. The van der Waals surface area contributed by atoms with Gasteiger partial charge < -0.3 is 13.9 Å². The van der Waals surface area contributed by atoms with Crippen LogP contribution in [0.25, 0.3) is 17.3 Å². The van der Waals surface area contributed by atoms with Crippen LogP contribution in [-0.4, -0.2) is 29.0 Å². The summed E-state index contributed by atoms with van der Waals surface area (Å²) >= 11 is 0. The standard InChI is InChI=1S/C15H15N3O3/c1-10-16-17-15(13-8-5-9-21-13)18(10)14-11(19-2)6-4-7-12(14)20-3/h4-9H,1-3H3. The fraction of sp³-hybridized carbons (Fsp3) is 0.200. The van der Waals surface area contributed by atoms with Crippen molar-refractivity contribution in [2.45, 2.75) is 6.92 Å². The van der Waals surface area contributed by atoms with Crippen LogP contribution in [0, 0.1) is 6.92 Å². The quantitative estimate of drug-likeness (QED) is 0.737. The van der Waals surface area contributed by atoms with Crippen molar-refractivity contribution >= 4 is 0 Å². The van der Waals surface area contributed by atoms with Crippen molar-refractivity contribution in [2.24, 2.45) is 0 Å². The number of ether oxygens (including phenoxy) is 2. The van der Waals surface area contributed by atoms with Crippen molar-refractivity contribution in [1.29, 1.82) is 0 Å². The molecule has 0 amide bonds. The Morgan fingerprint density at radius 3 is 2.29 bits per heavy atom. The zero-order valence-electron chi connectivity index (χ0n) is 12.0. The maximum Gasteiger partial charge on any atom is 0.204 e. The van der Waals surface area contributed by atoms with Gasteiger partial charge in [-0.3, -0.25) is 4.57 Å². The molecule has 1 aromatic carbocycles. The molecule has 0 aliphatic rings. The molecule has 3 rings (SSSR count). The third-order valence-electron chi connectivity index (χ3n) is 3.19. The van der Waals surface area contributed by atoms with Gasteiger partial charge in [0.1, 0.15) is 23.0 Å². The van der Waals surface area contributed by atoms with Gasteiger partial charge >= 0.3 is 0 Å². The highest BCUT2D eigenvalue weighted by atomic mass is 16.5. The second kappa shape index (κ2) is 5.32. The number of benzene rings is 1. The minimum Gasteiger partial charge on any atom is -0.494 e. The summed E-state index contributed by atoms with van der Waals surface area (Å²) in [5, 5.41) is 8.34. The van der Waals surface area contributed by atoms with Gasteiger partial charge in [0, 0.05) is 0 Å². The molecule has 0 atom stereocenters. The van der Waals surface area contributed by atoms with Gasteiger partial charge in [-0.2, -0.15) is 0 Å². The van der Waals surface area contributed by atoms with E-state index in [0.717, 1.165) is 5.69 Å². The highest BCUT2D eigenvalue weighted by Crippen LogP contribution is 2.35. The Bertz CT molecular complexity index is 725. The Morgan fingerprint density at radius 1 is 1.00 bits per heavy atom. The summed E-state index contributed by atoms with van der Waals surface area (Å²) in [6.45, 7) is 1.87. The number of nitrogens with zero attached hydrogens (tertiary/aromatic N) is 3. The molecule has 0 saturated heterocycles.